The van der Waals surface area contributed by atoms with Crippen LogP contribution in [0, 0.1) is 5.92 Å². The summed E-state index contributed by atoms with van der Waals surface area (Å²) in [4.78, 5) is 29.4. The van der Waals surface area contributed by atoms with Gasteiger partial charge in [-0.3, -0.25) is 9.59 Å². The van der Waals surface area contributed by atoms with Gasteiger partial charge in [0.1, 0.15) is 6.33 Å². The summed E-state index contributed by atoms with van der Waals surface area (Å²) in [6, 6.07) is 7.82. The van der Waals surface area contributed by atoms with Crippen LogP contribution < -0.4 is 0 Å². The van der Waals surface area contributed by atoms with Gasteiger partial charge in [-0.15, -0.1) is 5.10 Å². The van der Waals surface area contributed by atoms with Crippen LogP contribution in [0.15, 0.2) is 30.6 Å². The third-order valence-electron chi connectivity index (χ3n) is 5.52. The molecule has 8 nitrogen and oxygen atoms in total. The molecule has 2 unspecified atom stereocenters. The third kappa shape index (κ3) is 3.56. The van der Waals surface area contributed by atoms with E-state index in [1.807, 2.05) is 34.1 Å². The van der Waals surface area contributed by atoms with Crippen molar-refractivity contribution in [2.75, 3.05) is 19.6 Å². The maximum atomic E-state index is 12.9. The Hall–Kier alpha value is -2.77. The lowest BCUT2D eigenvalue weighted by Gasteiger charge is -2.35. The molecule has 2 amide bonds. The molecule has 4 heterocycles. The van der Waals surface area contributed by atoms with Gasteiger partial charge < -0.3 is 9.80 Å². The topological polar surface area (TPSA) is 84.2 Å². The fraction of sp³-hybridized carbons (Fsp3) is 0.526. The van der Waals surface area contributed by atoms with Gasteiger partial charge in [0.2, 0.25) is 11.8 Å². The number of nitrogens with zero attached hydrogens (tertiary/aromatic N) is 6. The molecule has 2 bridgehead atoms. The Balaban J connectivity index is 1.43. The second kappa shape index (κ2) is 7.46. The standard InChI is InChI=1S/C19H24N6O2/c1-2-9-24-17-8-5-15(19(24)27)11-23(12-17)18(26)10-14-3-6-16(7-4-14)25-13-20-21-22-25/h3-4,6-7,13,15,17H,2,5,8-12H2,1H3. The first kappa shape index (κ1) is 17.6. The van der Waals surface area contributed by atoms with Crippen molar-refractivity contribution in [1.29, 1.82) is 0 Å². The zero-order chi connectivity index (χ0) is 18.8. The molecule has 8 heteroatoms. The van der Waals surface area contributed by atoms with Crippen molar-refractivity contribution < 1.29 is 9.59 Å². The number of carbonyl (C=O) groups is 2. The summed E-state index contributed by atoms with van der Waals surface area (Å²) in [5.74, 6) is 0.281. The summed E-state index contributed by atoms with van der Waals surface area (Å²) in [5.41, 5.74) is 1.80. The third-order valence-corrected chi connectivity index (χ3v) is 5.52. The molecule has 0 radical (unpaired) electrons. The van der Waals surface area contributed by atoms with E-state index >= 15 is 0 Å². The van der Waals surface area contributed by atoms with Crippen molar-refractivity contribution in [3.05, 3.63) is 36.2 Å². The summed E-state index contributed by atoms with van der Waals surface area (Å²) in [7, 11) is 0. The number of carbonyl (C=O) groups excluding carboxylic acids is 2. The van der Waals surface area contributed by atoms with Crippen molar-refractivity contribution in [2.45, 2.75) is 38.6 Å². The normalized spacial score (nSPS) is 22.2. The lowest BCUT2D eigenvalue weighted by atomic mass is 9.94. The fourth-order valence-electron chi connectivity index (χ4n) is 4.11. The van der Waals surface area contributed by atoms with E-state index in [4.69, 9.17) is 0 Å². The minimum Gasteiger partial charge on any atom is -0.340 e. The zero-order valence-electron chi connectivity index (χ0n) is 15.5. The molecule has 0 saturated carbocycles. The Kier molecular flexibility index (Phi) is 4.87. The van der Waals surface area contributed by atoms with Crippen LogP contribution in [-0.2, 0) is 16.0 Å². The molecule has 142 valence electrons. The highest BCUT2D eigenvalue weighted by Gasteiger charge is 2.41. The maximum absolute atomic E-state index is 12.9. The van der Waals surface area contributed by atoms with E-state index in [0.29, 0.717) is 19.5 Å². The number of tetrazole rings is 1. The minimum atomic E-state index is -0.0403. The lowest BCUT2D eigenvalue weighted by molar-refractivity contribution is -0.139. The van der Waals surface area contributed by atoms with Crippen LogP contribution in [0.4, 0.5) is 0 Å². The predicted octanol–water partition coefficient (Wildman–Crippen LogP) is 1.06. The number of rotatable bonds is 5. The van der Waals surface area contributed by atoms with E-state index in [9.17, 15) is 9.59 Å². The second-order valence-corrected chi connectivity index (χ2v) is 7.36. The van der Waals surface area contributed by atoms with Gasteiger partial charge in [-0.2, -0.15) is 0 Å². The molecule has 3 aliphatic rings. The molecule has 5 rings (SSSR count). The van der Waals surface area contributed by atoms with Crippen molar-refractivity contribution in [3.63, 3.8) is 0 Å². The minimum absolute atomic E-state index is 0.0403. The zero-order valence-corrected chi connectivity index (χ0v) is 15.5. The number of piperidine rings is 1. The van der Waals surface area contributed by atoms with Crippen molar-refractivity contribution in [2.24, 2.45) is 5.92 Å². The van der Waals surface area contributed by atoms with Crippen LogP contribution in [0.3, 0.4) is 0 Å². The Morgan fingerprint density at radius 1 is 1.19 bits per heavy atom. The molecule has 1 aromatic heterocycles. The van der Waals surface area contributed by atoms with Crippen LogP contribution in [0.1, 0.15) is 31.7 Å². The van der Waals surface area contributed by atoms with Gasteiger partial charge in [0.25, 0.3) is 0 Å². The number of benzene rings is 1. The van der Waals surface area contributed by atoms with Crippen LogP contribution in [0.25, 0.3) is 5.69 Å². The molecule has 0 spiro atoms. The van der Waals surface area contributed by atoms with Gasteiger partial charge in [0.05, 0.1) is 18.0 Å². The first-order valence-corrected chi connectivity index (χ1v) is 9.56. The number of hydrogen-bond acceptors (Lipinski definition) is 5. The van der Waals surface area contributed by atoms with Crippen LogP contribution in [0.2, 0.25) is 0 Å². The van der Waals surface area contributed by atoms with Crippen LogP contribution >= 0.6 is 0 Å². The Labute approximate surface area is 158 Å². The van der Waals surface area contributed by atoms with Gasteiger partial charge >= 0.3 is 0 Å². The number of amides is 2. The number of aromatic nitrogens is 4. The van der Waals surface area contributed by atoms with Crippen LogP contribution in [0.5, 0.6) is 0 Å². The molecule has 1 aromatic carbocycles. The van der Waals surface area contributed by atoms with Crippen molar-refractivity contribution in [1.82, 2.24) is 30.0 Å². The van der Waals surface area contributed by atoms with E-state index in [1.165, 1.54) is 6.33 Å². The maximum Gasteiger partial charge on any atom is 0.227 e. The molecule has 2 aromatic rings. The highest BCUT2D eigenvalue weighted by Crippen LogP contribution is 2.29. The smallest absolute Gasteiger partial charge is 0.227 e. The molecule has 2 atom stereocenters. The van der Waals surface area contributed by atoms with Gasteiger partial charge in [-0.1, -0.05) is 19.1 Å². The average Bonchev–Trinajstić information content (AvgIpc) is 3.08. The second-order valence-electron chi connectivity index (χ2n) is 7.36. The Morgan fingerprint density at radius 2 is 2.00 bits per heavy atom. The van der Waals surface area contributed by atoms with Crippen molar-refractivity contribution >= 4 is 11.8 Å². The highest BCUT2D eigenvalue weighted by atomic mass is 16.2. The van der Waals surface area contributed by atoms with Gasteiger partial charge in [-0.25, -0.2) is 4.68 Å². The SMILES string of the molecule is CCCN1C(=O)C2CCC1CN(C(=O)Cc1ccc(-n3cnnn3)cc1)C2. The van der Waals surface area contributed by atoms with Gasteiger partial charge in [0, 0.05) is 25.7 Å². The molecule has 0 aliphatic carbocycles. The highest BCUT2D eigenvalue weighted by molar-refractivity contribution is 5.84. The molecule has 0 N–H and O–H groups in total. The van der Waals surface area contributed by atoms with E-state index in [-0.39, 0.29) is 23.8 Å². The quantitative estimate of drug-likeness (QED) is 0.788. The molecule has 27 heavy (non-hydrogen) atoms. The molecule has 3 saturated heterocycles. The fourth-order valence-corrected chi connectivity index (χ4v) is 4.11. The predicted molar refractivity (Wildman–Crippen MR) is 98.0 cm³/mol. The Bertz CT molecular complexity index is 804. The monoisotopic (exact) mass is 368 g/mol. The Morgan fingerprint density at radius 3 is 2.70 bits per heavy atom. The van der Waals surface area contributed by atoms with Crippen LogP contribution in [-0.4, -0.2) is 67.5 Å². The van der Waals surface area contributed by atoms with E-state index in [1.54, 1.807) is 4.68 Å². The largest absolute Gasteiger partial charge is 0.340 e. The summed E-state index contributed by atoms with van der Waals surface area (Å²) in [6.07, 6.45) is 4.73. The summed E-state index contributed by atoms with van der Waals surface area (Å²) >= 11 is 0. The summed E-state index contributed by atoms with van der Waals surface area (Å²) in [5, 5.41) is 11.1. The lowest BCUT2D eigenvalue weighted by Crippen LogP contribution is -2.48. The molecular formula is C19H24N6O2. The first-order valence-electron chi connectivity index (χ1n) is 9.56. The number of fused-ring (bicyclic) bond motifs is 4. The molecular weight excluding hydrogens is 344 g/mol. The van der Waals surface area contributed by atoms with E-state index in [0.717, 1.165) is 37.1 Å². The van der Waals surface area contributed by atoms with Gasteiger partial charge in [-0.05, 0) is 47.4 Å². The van der Waals surface area contributed by atoms with E-state index in [2.05, 4.69) is 22.4 Å². The average molecular weight is 368 g/mol. The number of hydrogen-bond donors (Lipinski definition) is 0. The van der Waals surface area contributed by atoms with Crippen molar-refractivity contribution in [3.8, 4) is 5.69 Å². The van der Waals surface area contributed by atoms with E-state index < -0.39 is 0 Å². The van der Waals surface area contributed by atoms with Gasteiger partial charge in [0.15, 0.2) is 0 Å². The first-order chi connectivity index (χ1) is 13.2. The summed E-state index contributed by atoms with van der Waals surface area (Å²) < 4.78 is 1.58. The summed E-state index contributed by atoms with van der Waals surface area (Å²) in [6.45, 7) is 4.09. The molecule has 3 fully saturated rings. The molecule has 3 aliphatic heterocycles.